The first-order chi connectivity index (χ1) is 14.2. The monoisotopic (exact) mass is 446 g/mol. The zero-order valence-corrected chi connectivity index (χ0v) is 17.0. The van der Waals surface area contributed by atoms with Crippen molar-refractivity contribution >= 4 is 33.3 Å². The SMILES string of the molecule is O=C(O)c1ccc(C2(NS(=O)(=O)c3ccc(F)cc3)Cc3cc(Cl)ccc3N2)cc1. The van der Waals surface area contributed by atoms with Gasteiger partial charge in [-0.15, -0.1) is 0 Å². The van der Waals surface area contributed by atoms with Gasteiger partial charge in [0.05, 0.1) is 10.5 Å². The van der Waals surface area contributed by atoms with Crippen LogP contribution in [0.15, 0.2) is 71.6 Å². The molecule has 1 aliphatic rings. The van der Waals surface area contributed by atoms with Crippen LogP contribution in [-0.4, -0.2) is 19.5 Å². The second-order valence-electron chi connectivity index (χ2n) is 6.95. The summed E-state index contributed by atoms with van der Waals surface area (Å²) in [6, 6.07) is 15.6. The Morgan fingerprint density at radius 1 is 1.07 bits per heavy atom. The summed E-state index contributed by atoms with van der Waals surface area (Å²) >= 11 is 6.09. The van der Waals surface area contributed by atoms with Gasteiger partial charge < -0.3 is 10.4 Å². The van der Waals surface area contributed by atoms with Crippen LogP contribution in [0.4, 0.5) is 10.1 Å². The van der Waals surface area contributed by atoms with E-state index in [9.17, 15) is 17.6 Å². The Hall–Kier alpha value is -2.94. The number of anilines is 1. The number of nitrogens with one attached hydrogen (secondary N) is 2. The van der Waals surface area contributed by atoms with Gasteiger partial charge in [-0.1, -0.05) is 23.7 Å². The number of carbonyl (C=O) groups is 1. The second-order valence-corrected chi connectivity index (χ2v) is 9.07. The molecule has 1 heterocycles. The third kappa shape index (κ3) is 3.77. The van der Waals surface area contributed by atoms with Gasteiger partial charge in [-0.05, 0) is 65.7 Å². The van der Waals surface area contributed by atoms with E-state index in [0.29, 0.717) is 16.3 Å². The van der Waals surface area contributed by atoms with E-state index in [-0.39, 0.29) is 16.9 Å². The van der Waals surface area contributed by atoms with Crippen molar-refractivity contribution in [1.82, 2.24) is 4.72 Å². The summed E-state index contributed by atoms with van der Waals surface area (Å²) in [6.45, 7) is 0. The third-order valence-corrected chi connectivity index (χ3v) is 6.67. The fourth-order valence-corrected chi connectivity index (χ4v) is 4.99. The van der Waals surface area contributed by atoms with Crippen LogP contribution in [0.2, 0.25) is 5.02 Å². The summed E-state index contributed by atoms with van der Waals surface area (Å²) in [5.74, 6) is -1.63. The number of hydrogen-bond acceptors (Lipinski definition) is 4. The Labute approximate surface area is 177 Å². The molecule has 3 aromatic rings. The maximum absolute atomic E-state index is 13.3. The van der Waals surface area contributed by atoms with Crippen LogP contribution >= 0.6 is 11.6 Å². The molecule has 30 heavy (non-hydrogen) atoms. The molecule has 0 spiro atoms. The van der Waals surface area contributed by atoms with Crippen molar-refractivity contribution in [3.8, 4) is 0 Å². The number of rotatable bonds is 5. The van der Waals surface area contributed by atoms with E-state index in [1.54, 1.807) is 30.3 Å². The summed E-state index contributed by atoms with van der Waals surface area (Å²) in [5.41, 5.74) is 0.812. The molecule has 0 aromatic heterocycles. The molecule has 0 aliphatic carbocycles. The first-order valence-corrected chi connectivity index (χ1v) is 10.7. The fraction of sp³-hybridized carbons (Fsp3) is 0.0952. The number of hydrogen-bond donors (Lipinski definition) is 3. The van der Waals surface area contributed by atoms with Gasteiger partial charge in [-0.25, -0.2) is 17.6 Å². The highest BCUT2D eigenvalue weighted by molar-refractivity contribution is 7.89. The molecular formula is C21H16ClFN2O4S. The highest BCUT2D eigenvalue weighted by atomic mass is 35.5. The second kappa shape index (κ2) is 7.39. The minimum Gasteiger partial charge on any atom is -0.478 e. The van der Waals surface area contributed by atoms with Crippen LogP contribution in [0.3, 0.4) is 0 Å². The van der Waals surface area contributed by atoms with Gasteiger partial charge in [0.15, 0.2) is 0 Å². The van der Waals surface area contributed by atoms with Gasteiger partial charge in [0, 0.05) is 17.1 Å². The molecule has 1 aliphatic heterocycles. The lowest BCUT2D eigenvalue weighted by molar-refractivity contribution is 0.0696. The summed E-state index contributed by atoms with van der Waals surface area (Å²) < 4.78 is 42.1. The zero-order chi connectivity index (χ0) is 21.5. The van der Waals surface area contributed by atoms with E-state index >= 15 is 0 Å². The molecule has 3 aromatic carbocycles. The van der Waals surface area contributed by atoms with Gasteiger partial charge >= 0.3 is 5.97 Å². The standard InChI is InChI=1S/C21H16ClFN2O4S/c22-16-5-10-19-14(11-16)12-21(24-19,15-3-1-13(2-4-15)20(26)27)25-30(28,29)18-8-6-17(23)7-9-18/h1-11,24-25H,12H2,(H,26,27). The number of sulfonamides is 1. The molecule has 6 nitrogen and oxygen atoms in total. The Morgan fingerprint density at radius 3 is 2.37 bits per heavy atom. The average Bonchev–Trinajstić information content (AvgIpc) is 3.06. The van der Waals surface area contributed by atoms with Gasteiger partial charge in [-0.2, -0.15) is 4.72 Å². The topological polar surface area (TPSA) is 95.5 Å². The van der Waals surface area contributed by atoms with Crippen molar-refractivity contribution in [2.24, 2.45) is 0 Å². The Morgan fingerprint density at radius 2 is 1.73 bits per heavy atom. The molecular weight excluding hydrogens is 431 g/mol. The molecule has 0 saturated carbocycles. The predicted molar refractivity (Wildman–Crippen MR) is 111 cm³/mol. The van der Waals surface area contributed by atoms with Crippen molar-refractivity contribution in [3.05, 3.63) is 94.3 Å². The number of aromatic carboxylic acids is 1. The van der Waals surface area contributed by atoms with Gasteiger partial charge in [0.2, 0.25) is 10.0 Å². The Bertz CT molecular complexity index is 1230. The largest absolute Gasteiger partial charge is 0.478 e. The molecule has 0 fully saturated rings. The summed E-state index contributed by atoms with van der Waals surface area (Å²) in [6.07, 6.45) is 0.232. The quantitative estimate of drug-likeness (QED) is 0.551. The van der Waals surface area contributed by atoms with Crippen molar-refractivity contribution in [2.45, 2.75) is 17.0 Å². The third-order valence-electron chi connectivity index (χ3n) is 4.93. The van der Waals surface area contributed by atoms with Gasteiger partial charge in [0.25, 0.3) is 0 Å². The molecule has 0 radical (unpaired) electrons. The fourth-order valence-electron chi connectivity index (χ4n) is 3.48. The highest BCUT2D eigenvalue weighted by Gasteiger charge is 2.42. The van der Waals surface area contributed by atoms with Gasteiger partial charge in [0.1, 0.15) is 11.5 Å². The maximum Gasteiger partial charge on any atom is 0.335 e. The summed E-state index contributed by atoms with van der Waals surface area (Å²) in [7, 11) is -4.05. The molecule has 3 N–H and O–H groups in total. The number of carboxylic acids is 1. The van der Waals surface area contributed by atoms with Crippen LogP contribution in [0.25, 0.3) is 0 Å². The maximum atomic E-state index is 13.3. The molecule has 0 amide bonds. The van der Waals surface area contributed by atoms with E-state index in [2.05, 4.69) is 10.0 Å². The number of benzene rings is 3. The van der Waals surface area contributed by atoms with Crippen LogP contribution in [0.5, 0.6) is 0 Å². The van der Waals surface area contributed by atoms with E-state index < -0.39 is 27.5 Å². The molecule has 9 heteroatoms. The molecule has 154 valence electrons. The van der Waals surface area contributed by atoms with E-state index in [0.717, 1.165) is 17.7 Å². The van der Waals surface area contributed by atoms with Crippen LogP contribution in [-0.2, 0) is 22.1 Å². The van der Waals surface area contributed by atoms with E-state index in [4.69, 9.17) is 16.7 Å². The zero-order valence-electron chi connectivity index (χ0n) is 15.4. The molecule has 1 atom stereocenters. The molecule has 1 unspecified atom stereocenters. The Kier molecular flexibility index (Phi) is 5.01. The number of fused-ring (bicyclic) bond motifs is 1. The minimum absolute atomic E-state index is 0.0776. The Balaban J connectivity index is 1.79. The lowest BCUT2D eigenvalue weighted by atomic mass is 9.95. The first kappa shape index (κ1) is 20.3. The predicted octanol–water partition coefficient (Wildman–Crippen LogP) is 3.98. The smallest absolute Gasteiger partial charge is 0.335 e. The first-order valence-electron chi connectivity index (χ1n) is 8.89. The number of halogens is 2. The summed E-state index contributed by atoms with van der Waals surface area (Å²) in [5, 5.41) is 12.9. The minimum atomic E-state index is -4.05. The normalized spacial score (nSPS) is 17.9. The lowest BCUT2D eigenvalue weighted by Gasteiger charge is -2.32. The lowest BCUT2D eigenvalue weighted by Crippen LogP contribution is -2.50. The van der Waals surface area contributed by atoms with Crippen molar-refractivity contribution < 1.29 is 22.7 Å². The molecule has 4 rings (SSSR count). The van der Waals surface area contributed by atoms with Crippen molar-refractivity contribution in [3.63, 3.8) is 0 Å². The van der Waals surface area contributed by atoms with Crippen LogP contribution in [0.1, 0.15) is 21.5 Å². The number of carboxylic acid groups (broad SMARTS) is 1. The molecule has 0 saturated heterocycles. The summed E-state index contributed by atoms with van der Waals surface area (Å²) in [4.78, 5) is 11.1. The van der Waals surface area contributed by atoms with Crippen molar-refractivity contribution in [2.75, 3.05) is 5.32 Å². The van der Waals surface area contributed by atoms with Crippen LogP contribution < -0.4 is 10.0 Å². The van der Waals surface area contributed by atoms with E-state index in [1.165, 1.54) is 24.3 Å². The highest BCUT2D eigenvalue weighted by Crippen LogP contribution is 2.39. The van der Waals surface area contributed by atoms with Gasteiger partial charge in [-0.3, -0.25) is 0 Å². The van der Waals surface area contributed by atoms with E-state index in [1.807, 2.05) is 0 Å². The van der Waals surface area contributed by atoms with Crippen molar-refractivity contribution in [1.29, 1.82) is 0 Å². The average molecular weight is 447 g/mol. The molecule has 0 bridgehead atoms. The van der Waals surface area contributed by atoms with Crippen LogP contribution in [0, 0.1) is 5.82 Å².